The van der Waals surface area contributed by atoms with Crippen molar-refractivity contribution in [2.24, 2.45) is 0 Å². The Morgan fingerprint density at radius 2 is 1.36 bits per heavy atom. The molecule has 1 aromatic heterocycles. The lowest BCUT2D eigenvalue weighted by molar-refractivity contribution is 0.0488. The van der Waals surface area contributed by atoms with Gasteiger partial charge in [-0.05, 0) is 24.6 Å². The van der Waals surface area contributed by atoms with E-state index in [-0.39, 0.29) is 5.76 Å². The van der Waals surface area contributed by atoms with Crippen LogP contribution in [0.5, 0.6) is 0 Å². The van der Waals surface area contributed by atoms with E-state index in [0.29, 0.717) is 12.4 Å². The van der Waals surface area contributed by atoms with Gasteiger partial charge in [-0.25, -0.2) is 4.79 Å². The lowest BCUT2D eigenvalue weighted by Crippen LogP contribution is -2.05. The maximum absolute atomic E-state index is 12.1. The molecule has 1 heterocycles. The van der Waals surface area contributed by atoms with Crippen LogP contribution in [0.3, 0.4) is 0 Å². The van der Waals surface area contributed by atoms with Gasteiger partial charge in [0.2, 0.25) is 0 Å². The number of carbonyl (C=O) groups excluding carboxylic acids is 1. The first-order valence-electron chi connectivity index (χ1n) is 8.41. The summed E-state index contributed by atoms with van der Waals surface area (Å²) in [5.41, 5.74) is 2.85. The molecule has 0 amide bonds. The van der Waals surface area contributed by atoms with Gasteiger partial charge < -0.3 is 22.0 Å². The number of rotatable bonds is 4. The highest BCUT2D eigenvalue weighted by atomic mass is 19.5. The molecule has 3 rings (SSSR count). The van der Waals surface area contributed by atoms with Crippen LogP contribution in [-0.4, -0.2) is 19.8 Å². The molecular formula is C20H17BF4O3. The number of halogens is 4. The smallest absolute Gasteiger partial charge is 0.456 e. The lowest BCUT2D eigenvalue weighted by Gasteiger charge is -2.01. The summed E-state index contributed by atoms with van der Waals surface area (Å²) >= 11 is 0. The van der Waals surface area contributed by atoms with Gasteiger partial charge in [-0.3, -0.25) is 0 Å². The van der Waals surface area contributed by atoms with Crippen LogP contribution in [-0.2, 0) is 4.74 Å². The number of hydrogen-bond donors (Lipinski definition) is 0. The van der Waals surface area contributed by atoms with E-state index in [4.69, 9.17) is 9.15 Å². The van der Waals surface area contributed by atoms with Gasteiger partial charge in [0.25, 0.3) is 0 Å². The molecule has 0 fully saturated rings. The quantitative estimate of drug-likeness (QED) is 0.224. The molecule has 2 aromatic carbocycles. The second-order valence-electron chi connectivity index (χ2n) is 5.52. The predicted octanol–water partition coefficient (Wildman–Crippen LogP) is 6.37. The SMILES string of the molecule is CCOC(=O)c1cc(-c2ccccc2)cc(-c2ccccc2)[o+]1.F[B-](F)(F)F. The Morgan fingerprint density at radius 3 is 1.86 bits per heavy atom. The van der Waals surface area contributed by atoms with E-state index in [1.807, 2.05) is 66.7 Å². The number of hydrogen-bond acceptors (Lipinski definition) is 2. The second-order valence-corrected chi connectivity index (χ2v) is 5.52. The Labute approximate surface area is 159 Å². The average Bonchev–Trinajstić information content (AvgIpc) is 2.68. The Hall–Kier alpha value is -3.16. The van der Waals surface area contributed by atoms with E-state index >= 15 is 0 Å². The Morgan fingerprint density at radius 1 is 0.857 bits per heavy atom. The minimum Gasteiger partial charge on any atom is -0.456 e. The van der Waals surface area contributed by atoms with Crippen LogP contribution in [0.4, 0.5) is 17.3 Å². The van der Waals surface area contributed by atoms with Crippen molar-refractivity contribution in [3.63, 3.8) is 0 Å². The van der Waals surface area contributed by atoms with Gasteiger partial charge in [0, 0.05) is 5.56 Å². The summed E-state index contributed by atoms with van der Waals surface area (Å²) in [5, 5.41) is 0. The molecular weight excluding hydrogens is 375 g/mol. The molecule has 0 aliphatic carbocycles. The zero-order chi connectivity index (χ0) is 20.6. The van der Waals surface area contributed by atoms with E-state index in [2.05, 4.69) is 0 Å². The molecule has 0 saturated carbocycles. The molecule has 3 nitrogen and oxygen atoms in total. The van der Waals surface area contributed by atoms with Crippen molar-refractivity contribution in [3.8, 4) is 22.5 Å². The first-order valence-corrected chi connectivity index (χ1v) is 8.41. The third-order valence-corrected chi connectivity index (χ3v) is 3.44. The minimum atomic E-state index is -6.00. The van der Waals surface area contributed by atoms with Crippen molar-refractivity contribution in [2.75, 3.05) is 6.61 Å². The lowest BCUT2D eigenvalue weighted by atomic mass is 10.0. The summed E-state index contributed by atoms with van der Waals surface area (Å²) in [6.07, 6.45) is 0. The summed E-state index contributed by atoms with van der Waals surface area (Å²) in [4.78, 5) is 12.1. The third kappa shape index (κ3) is 6.87. The molecule has 0 bridgehead atoms. The van der Waals surface area contributed by atoms with Gasteiger partial charge in [-0.2, -0.15) is 4.42 Å². The summed E-state index contributed by atoms with van der Waals surface area (Å²) in [7, 11) is -6.00. The van der Waals surface area contributed by atoms with Crippen molar-refractivity contribution in [1.29, 1.82) is 0 Å². The fourth-order valence-electron chi connectivity index (χ4n) is 2.35. The van der Waals surface area contributed by atoms with Gasteiger partial charge >= 0.3 is 24.7 Å². The number of carbonyl (C=O) groups is 1. The topological polar surface area (TPSA) is 37.6 Å². The van der Waals surface area contributed by atoms with E-state index in [1.165, 1.54) is 0 Å². The first kappa shape index (κ1) is 21.1. The minimum absolute atomic E-state index is 0.201. The van der Waals surface area contributed by atoms with Gasteiger partial charge in [0.05, 0.1) is 24.3 Å². The van der Waals surface area contributed by atoms with Crippen LogP contribution in [0.2, 0.25) is 0 Å². The average molecular weight is 392 g/mol. The fourth-order valence-corrected chi connectivity index (χ4v) is 2.35. The van der Waals surface area contributed by atoms with Crippen LogP contribution < -0.4 is 0 Å². The van der Waals surface area contributed by atoms with Gasteiger partial charge in [0.15, 0.2) is 0 Å². The zero-order valence-electron chi connectivity index (χ0n) is 14.9. The molecule has 0 saturated heterocycles. The van der Waals surface area contributed by atoms with E-state index in [9.17, 15) is 22.1 Å². The van der Waals surface area contributed by atoms with Crippen molar-refractivity contribution in [3.05, 3.63) is 78.6 Å². The summed E-state index contributed by atoms with van der Waals surface area (Å²) in [5.74, 6) is 0.379. The number of benzene rings is 2. The second kappa shape index (κ2) is 9.69. The normalized spacial score (nSPS) is 10.6. The highest BCUT2D eigenvalue weighted by Crippen LogP contribution is 2.28. The molecule has 28 heavy (non-hydrogen) atoms. The maximum Gasteiger partial charge on any atom is 0.673 e. The molecule has 0 atom stereocenters. The monoisotopic (exact) mass is 392 g/mol. The standard InChI is InChI=1S/C20H17O3.BF4/c1-2-22-20(21)19-14-17(15-9-5-3-6-10-15)13-18(23-19)16-11-7-4-8-12-16;2-1(3,4)5/h3-14H,2H2,1H3;/q+1;-1. The van der Waals surface area contributed by atoms with Gasteiger partial charge in [-0.1, -0.05) is 48.5 Å². The number of esters is 1. The third-order valence-electron chi connectivity index (χ3n) is 3.44. The fraction of sp³-hybridized carbons (Fsp3) is 0.100. The van der Waals surface area contributed by atoms with Crippen LogP contribution in [0.25, 0.3) is 22.5 Å². The van der Waals surface area contributed by atoms with Crippen LogP contribution in [0.1, 0.15) is 17.5 Å². The first-order chi connectivity index (χ1) is 13.3. The predicted molar refractivity (Wildman–Crippen MR) is 100 cm³/mol. The van der Waals surface area contributed by atoms with E-state index < -0.39 is 13.2 Å². The van der Waals surface area contributed by atoms with Gasteiger partial charge in [-0.15, -0.1) is 0 Å². The zero-order valence-corrected chi connectivity index (χ0v) is 14.9. The molecule has 0 radical (unpaired) electrons. The highest BCUT2D eigenvalue weighted by molar-refractivity contribution is 6.50. The highest BCUT2D eigenvalue weighted by Gasteiger charge is 2.26. The summed E-state index contributed by atoms with van der Waals surface area (Å²) in [6.45, 7) is 2.08. The van der Waals surface area contributed by atoms with Crippen LogP contribution in [0, 0.1) is 0 Å². The Bertz CT molecular complexity index is 837. The summed E-state index contributed by atoms with van der Waals surface area (Å²) in [6, 6.07) is 23.2. The maximum atomic E-state index is 12.1. The van der Waals surface area contributed by atoms with E-state index in [0.717, 1.165) is 16.7 Å². The molecule has 146 valence electrons. The van der Waals surface area contributed by atoms with Crippen LogP contribution in [0.15, 0.2) is 77.2 Å². The summed E-state index contributed by atoms with van der Waals surface area (Å²) < 4.78 is 49.8. The molecule has 8 heteroatoms. The molecule has 0 N–H and O–H groups in total. The van der Waals surface area contributed by atoms with Crippen molar-refractivity contribution in [2.45, 2.75) is 6.92 Å². The molecule has 0 aliphatic rings. The van der Waals surface area contributed by atoms with Crippen molar-refractivity contribution < 1.29 is 31.2 Å². The molecule has 0 spiro atoms. The Balaban J connectivity index is 0.000000500. The Kier molecular flexibility index (Phi) is 7.32. The number of ether oxygens (including phenoxy) is 1. The van der Waals surface area contributed by atoms with Gasteiger partial charge in [0.1, 0.15) is 0 Å². The van der Waals surface area contributed by atoms with Crippen molar-refractivity contribution in [1.82, 2.24) is 0 Å². The van der Waals surface area contributed by atoms with Crippen LogP contribution >= 0.6 is 0 Å². The van der Waals surface area contributed by atoms with Crippen molar-refractivity contribution >= 4 is 13.2 Å². The largest absolute Gasteiger partial charge is 0.673 e. The molecule has 0 aliphatic heterocycles. The molecule has 0 unspecified atom stereocenters. The molecule has 3 aromatic rings. The van der Waals surface area contributed by atoms with E-state index in [1.54, 1.807) is 13.0 Å².